The summed E-state index contributed by atoms with van der Waals surface area (Å²) >= 11 is 0. The molecule has 0 amide bonds. The summed E-state index contributed by atoms with van der Waals surface area (Å²) in [7, 11) is 1.51. The summed E-state index contributed by atoms with van der Waals surface area (Å²) in [6.07, 6.45) is 5.04. The molecule has 2 aliphatic rings. The van der Waals surface area contributed by atoms with Crippen LogP contribution in [0.25, 0.3) is 0 Å². The minimum absolute atomic E-state index is 0.163. The quantitative estimate of drug-likeness (QED) is 0.817. The Hall–Kier alpha value is -1.63. The number of aromatic nitrogens is 3. The molecule has 2 heterocycles. The molecule has 1 saturated heterocycles. The minimum Gasteiger partial charge on any atom is -0.467 e. The molecule has 1 saturated carbocycles. The lowest BCUT2D eigenvalue weighted by atomic mass is 9.71. The van der Waals surface area contributed by atoms with Gasteiger partial charge in [0.05, 0.1) is 12.7 Å². The van der Waals surface area contributed by atoms with Gasteiger partial charge < -0.3 is 20.5 Å². The maximum atomic E-state index is 10.7. The van der Waals surface area contributed by atoms with E-state index in [0.717, 1.165) is 38.8 Å². The van der Waals surface area contributed by atoms with Crippen LogP contribution in [-0.4, -0.2) is 45.9 Å². The van der Waals surface area contributed by atoms with Crippen LogP contribution in [0.15, 0.2) is 0 Å². The molecule has 1 aromatic rings. The Bertz CT molecular complexity index is 498. The summed E-state index contributed by atoms with van der Waals surface area (Å²) < 4.78 is 5.03. The summed E-state index contributed by atoms with van der Waals surface area (Å²) in [4.78, 5) is 14.4. The predicted molar refractivity (Wildman–Crippen MR) is 74.5 cm³/mol. The van der Waals surface area contributed by atoms with E-state index in [2.05, 4.69) is 19.9 Å². The Balaban J connectivity index is 1.80. The fourth-order valence-electron chi connectivity index (χ4n) is 3.35. The number of hydrogen-bond donors (Lipinski definition) is 2. The van der Waals surface area contributed by atoms with Gasteiger partial charge in [-0.05, 0) is 19.3 Å². The third-order valence-electron chi connectivity index (χ3n) is 4.51. The van der Waals surface area contributed by atoms with Crippen molar-refractivity contribution in [2.75, 3.05) is 30.8 Å². The second-order valence-electron chi connectivity index (χ2n) is 5.72. The van der Waals surface area contributed by atoms with Crippen LogP contribution in [0.2, 0.25) is 0 Å². The van der Waals surface area contributed by atoms with Crippen molar-refractivity contribution in [1.29, 1.82) is 0 Å². The molecule has 20 heavy (non-hydrogen) atoms. The molecule has 3 rings (SSSR count). The topological polar surface area (TPSA) is 97.4 Å². The number of methoxy groups -OCH3 is 1. The molecule has 0 bridgehead atoms. The average Bonchev–Trinajstić information content (AvgIpc) is 2.45. The molecule has 7 nitrogen and oxygen atoms in total. The molecule has 0 aromatic carbocycles. The molecule has 7 heteroatoms. The number of nitrogens with zero attached hydrogens (tertiary/aromatic N) is 4. The molecule has 1 aliphatic heterocycles. The summed E-state index contributed by atoms with van der Waals surface area (Å²) in [5.74, 6) is 0.993. The third kappa shape index (κ3) is 2.37. The summed E-state index contributed by atoms with van der Waals surface area (Å²) in [5.41, 5.74) is 5.18. The van der Waals surface area contributed by atoms with Crippen molar-refractivity contribution < 1.29 is 9.84 Å². The summed E-state index contributed by atoms with van der Waals surface area (Å²) in [6.45, 7) is 1.50. The molecule has 2 fully saturated rings. The van der Waals surface area contributed by atoms with Gasteiger partial charge in [-0.1, -0.05) is 12.8 Å². The summed E-state index contributed by atoms with van der Waals surface area (Å²) in [6, 6.07) is 0.233. The number of aliphatic hydroxyl groups is 1. The first kappa shape index (κ1) is 13.4. The highest BCUT2D eigenvalue weighted by Gasteiger charge is 2.43. The third-order valence-corrected chi connectivity index (χ3v) is 4.51. The van der Waals surface area contributed by atoms with E-state index in [1.807, 2.05) is 0 Å². The molecular formula is C13H21N5O2. The van der Waals surface area contributed by atoms with E-state index in [-0.39, 0.29) is 17.9 Å². The van der Waals surface area contributed by atoms with Crippen molar-refractivity contribution in [3.63, 3.8) is 0 Å². The number of ether oxygens (including phenoxy) is 1. The fraction of sp³-hybridized carbons (Fsp3) is 0.769. The Morgan fingerprint density at radius 2 is 2.15 bits per heavy atom. The molecule has 1 aliphatic carbocycles. The van der Waals surface area contributed by atoms with Gasteiger partial charge in [0.25, 0.3) is 0 Å². The van der Waals surface area contributed by atoms with Crippen molar-refractivity contribution in [1.82, 2.24) is 15.0 Å². The van der Waals surface area contributed by atoms with Crippen molar-refractivity contribution in [3.8, 4) is 6.01 Å². The van der Waals surface area contributed by atoms with Crippen LogP contribution >= 0.6 is 0 Å². The first-order valence-electron chi connectivity index (χ1n) is 7.13. The molecule has 1 aromatic heterocycles. The molecule has 110 valence electrons. The zero-order chi connectivity index (χ0) is 14.2. The Labute approximate surface area is 118 Å². The molecule has 0 radical (unpaired) electrons. The highest BCUT2D eigenvalue weighted by Crippen LogP contribution is 2.40. The second-order valence-corrected chi connectivity index (χ2v) is 5.72. The first-order chi connectivity index (χ1) is 9.60. The van der Waals surface area contributed by atoms with Crippen molar-refractivity contribution in [2.45, 2.75) is 37.7 Å². The number of fused-ring (bicyclic) bond motifs is 1. The highest BCUT2D eigenvalue weighted by atomic mass is 16.5. The highest BCUT2D eigenvalue weighted by molar-refractivity contribution is 5.37. The second kappa shape index (κ2) is 5.05. The lowest BCUT2D eigenvalue weighted by molar-refractivity contribution is -0.0614. The van der Waals surface area contributed by atoms with E-state index in [4.69, 9.17) is 10.5 Å². The molecular weight excluding hydrogens is 258 g/mol. The van der Waals surface area contributed by atoms with Crippen LogP contribution < -0.4 is 15.4 Å². The first-order valence-corrected chi connectivity index (χ1v) is 7.13. The molecule has 2 atom stereocenters. The standard InChI is InChI=1S/C13H21N5O2/c1-20-12-16-10(14)15-11(17-12)18-7-6-13(19)5-3-2-4-9(13)8-18/h9,19H,2-8H2,1H3,(H2,14,15,16,17). The number of nitrogens with two attached hydrogens (primary N) is 1. The van der Waals surface area contributed by atoms with E-state index in [1.165, 1.54) is 13.5 Å². The van der Waals surface area contributed by atoms with Gasteiger partial charge in [0.1, 0.15) is 0 Å². The van der Waals surface area contributed by atoms with Gasteiger partial charge >= 0.3 is 6.01 Å². The van der Waals surface area contributed by atoms with E-state index in [1.54, 1.807) is 0 Å². The van der Waals surface area contributed by atoms with E-state index >= 15 is 0 Å². The van der Waals surface area contributed by atoms with Crippen molar-refractivity contribution in [3.05, 3.63) is 0 Å². The van der Waals surface area contributed by atoms with Crippen LogP contribution in [0.5, 0.6) is 6.01 Å². The van der Waals surface area contributed by atoms with Gasteiger partial charge in [-0.15, -0.1) is 0 Å². The zero-order valence-corrected chi connectivity index (χ0v) is 11.7. The monoisotopic (exact) mass is 279 g/mol. The number of anilines is 2. The van der Waals surface area contributed by atoms with Gasteiger partial charge in [-0.2, -0.15) is 15.0 Å². The van der Waals surface area contributed by atoms with Gasteiger partial charge in [-0.3, -0.25) is 0 Å². The van der Waals surface area contributed by atoms with Crippen LogP contribution in [0.3, 0.4) is 0 Å². The normalized spacial score (nSPS) is 29.9. The Morgan fingerprint density at radius 1 is 1.30 bits per heavy atom. The molecule has 0 spiro atoms. The lowest BCUT2D eigenvalue weighted by Gasteiger charge is -2.47. The number of rotatable bonds is 2. The van der Waals surface area contributed by atoms with Crippen LogP contribution in [0.1, 0.15) is 32.1 Å². The average molecular weight is 279 g/mol. The zero-order valence-electron chi connectivity index (χ0n) is 11.7. The number of nitrogen functional groups attached to an aromatic ring is 1. The van der Waals surface area contributed by atoms with E-state index < -0.39 is 5.60 Å². The van der Waals surface area contributed by atoms with E-state index in [0.29, 0.717) is 5.95 Å². The van der Waals surface area contributed by atoms with Gasteiger partial charge in [0, 0.05) is 19.0 Å². The lowest BCUT2D eigenvalue weighted by Crippen LogP contribution is -2.53. The van der Waals surface area contributed by atoms with Gasteiger partial charge in [-0.25, -0.2) is 0 Å². The number of hydrogen-bond acceptors (Lipinski definition) is 7. The maximum absolute atomic E-state index is 10.7. The van der Waals surface area contributed by atoms with Gasteiger partial charge in [0.2, 0.25) is 11.9 Å². The predicted octanol–water partition coefficient (Wildman–Crippen LogP) is 0.594. The van der Waals surface area contributed by atoms with Crippen LogP contribution in [0.4, 0.5) is 11.9 Å². The largest absolute Gasteiger partial charge is 0.467 e. The maximum Gasteiger partial charge on any atom is 0.322 e. The minimum atomic E-state index is -0.503. The van der Waals surface area contributed by atoms with Crippen molar-refractivity contribution in [2.24, 2.45) is 5.92 Å². The van der Waals surface area contributed by atoms with Crippen molar-refractivity contribution >= 4 is 11.9 Å². The summed E-state index contributed by atoms with van der Waals surface area (Å²) in [5, 5.41) is 10.7. The molecule has 2 unspecified atom stereocenters. The van der Waals surface area contributed by atoms with Crippen LogP contribution in [-0.2, 0) is 0 Å². The smallest absolute Gasteiger partial charge is 0.322 e. The number of piperidine rings is 1. The SMILES string of the molecule is COc1nc(N)nc(N2CCC3(O)CCCCC3C2)n1. The molecule has 3 N–H and O–H groups in total. The Kier molecular flexibility index (Phi) is 3.37. The van der Waals surface area contributed by atoms with E-state index in [9.17, 15) is 5.11 Å². The van der Waals surface area contributed by atoms with Crippen LogP contribution in [0, 0.1) is 5.92 Å². The van der Waals surface area contributed by atoms with Gasteiger partial charge in [0.15, 0.2) is 0 Å². The Morgan fingerprint density at radius 3 is 2.95 bits per heavy atom. The fourth-order valence-corrected chi connectivity index (χ4v) is 3.35.